The summed E-state index contributed by atoms with van der Waals surface area (Å²) in [5, 5.41) is 11.7. The molecular formula is C14H9BrN2O2S. The molecule has 4 nitrogen and oxygen atoms in total. The largest absolute Gasteiger partial charge is 0.477 e. The molecule has 0 saturated heterocycles. The Balaban J connectivity index is 1.95. The third-order valence-corrected chi connectivity index (χ3v) is 4.17. The van der Waals surface area contributed by atoms with E-state index >= 15 is 0 Å². The van der Waals surface area contributed by atoms with Crippen molar-refractivity contribution in [2.45, 2.75) is 0 Å². The topological polar surface area (TPSA) is 66.0 Å². The van der Waals surface area contributed by atoms with Gasteiger partial charge in [-0.25, -0.2) is 9.78 Å². The number of aromatic carboxylic acids is 1. The Morgan fingerprint density at radius 1 is 1.30 bits per heavy atom. The second-order valence-corrected chi connectivity index (χ2v) is 5.93. The average Bonchev–Trinajstić information content (AvgIpc) is 3.08. The summed E-state index contributed by atoms with van der Waals surface area (Å²) in [6, 6.07) is 9.50. The Bertz CT molecular complexity index is 779. The van der Waals surface area contributed by atoms with Gasteiger partial charge in [0.25, 0.3) is 0 Å². The van der Waals surface area contributed by atoms with Crippen LogP contribution >= 0.6 is 27.3 Å². The number of nitrogens with zero attached hydrogens (tertiary/aromatic N) is 1. The summed E-state index contributed by atoms with van der Waals surface area (Å²) in [5.74, 6) is -0.973. The lowest BCUT2D eigenvalue weighted by Gasteiger charge is -1.96. The van der Waals surface area contributed by atoms with E-state index in [9.17, 15) is 4.79 Å². The number of halogens is 1. The molecule has 0 unspecified atom stereocenters. The zero-order valence-corrected chi connectivity index (χ0v) is 12.5. The summed E-state index contributed by atoms with van der Waals surface area (Å²) in [7, 11) is 0. The second-order valence-electron chi connectivity index (χ2n) is 4.16. The fraction of sp³-hybridized carbons (Fsp3) is 0. The fourth-order valence-corrected chi connectivity index (χ4v) is 3.05. The molecular weight excluding hydrogens is 340 g/mol. The lowest BCUT2D eigenvalue weighted by atomic mass is 10.2. The zero-order chi connectivity index (χ0) is 14.1. The van der Waals surface area contributed by atoms with Crippen LogP contribution in [0.3, 0.4) is 0 Å². The molecule has 0 aliphatic heterocycles. The Morgan fingerprint density at radius 2 is 2.15 bits per heavy atom. The summed E-state index contributed by atoms with van der Waals surface area (Å²) < 4.78 is 1.00. The number of carboxylic acid groups (broad SMARTS) is 1. The number of H-pyrrole nitrogens is 1. The fourth-order valence-electron chi connectivity index (χ4n) is 1.83. The lowest BCUT2D eigenvalue weighted by molar-refractivity contribution is 0.0691. The minimum absolute atomic E-state index is 0.164. The van der Waals surface area contributed by atoms with Gasteiger partial charge in [0.05, 0.1) is 5.69 Å². The number of aromatic nitrogens is 2. The number of aromatic amines is 1. The molecule has 2 N–H and O–H groups in total. The molecule has 6 heteroatoms. The van der Waals surface area contributed by atoms with Gasteiger partial charge in [-0.05, 0) is 18.2 Å². The first kappa shape index (κ1) is 13.1. The van der Waals surface area contributed by atoms with Crippen LogP contribution in [0.5, 0.6) is 0 Å². The third kappa shape index (κ3) is 2.52. The van der Waals surface area contributed by atoms with Gasteiger partial charge in [-0.3, -0.25) is 0 Å². The van der Waals surface area contributed by atoms with Crippen LogP contribution in [0.1, 0.15) is 10.5 Å². The molecule has 0 aliphatic rings. The first-order valence-electron chi connectivity index (χ1n) is 5.77. The highest BCUT2D eigenvalue weighted by atomic mass is 79.9. The summed E-state index contributed by atoms with van der Waals surface area (Å²) in [6.07, 6.45) is 1.66. The monoisotopic (exact) mass is 348 g/mol. The van der Waals surface area contributed by atoms with Crippen molar-refractivity contribution in [1.29, 1.82) is 0 Å². The van der Waals surface area contributed by atoms with Gasteiger partial charge < -0.3 is 10.1 Å². The number of thiazole rings is 1. The molecule has 2 aromatic heterocycles. The molecule has 3 aromatic rings. The standard InChI is InChI=1S/C14H9BrN2O2S/c15-10-3-1-2-8(4-10)13-17-12(7-20-13)9-5-11(14(18)19)16-6-9/h1-7,16H,(H,18,19). The Kier molecular flexibility index (Phi) is 3.42. The first-order valence-corrected chi connectivity index (χ1v) is 7.44. The van der Waals surface area contributed by atoms with E-state index < -0.39 is 5.97 Å². The van der Waals surface area contributed by atoms with E-state index in [0.29, 0.717) is 0 Å². The minimum atomic E-state index is -0.973. The lowest BCUT2D eigenvalue weighted by Crippen LogP contribution is -1.94. The maximum Gasteiger partial charge on any atom is 0.352 e. The van der Waals surface area contributed by atoms with E-state index in [2.05, 4.69) is 25.9 Å². The molecule has 0 amide bonds. The Morgan fingerprint density at radius 3 is 2.85 bits per heavy atom. The van der Waals surface area contributed by atoms with Crippen molar-refractivity contribution < 1.29 is 9.90 Å². The summed E-state index contributed by atoms with van der Waals surface area (Å²) in [5.41, 5.74) is 2.75. The highest BCUT2D eigenvalue weighted by Crippen LogP contribution is 2.30. The zero-order valence-electron chi connectivity index (χ0n) is 10.1. The minimum Gasteiger partial charge on any atom is -0.477 e. The molecule has 0 fully saturated rings. The van der Waals surface area contributed by atoms with Gasteiger partial charge in [0.15, 0.2) is 0 Å². The van der Waals surface area contributed by atoms with Crippen LogP contribution in [0.25, 0.3) is 21.8 Å². The van der Waals surface area contributed by atoms with Gasteiger partial charge in [-0.2, -0.15) is 0 Å². The number of hydrogen-bond donors (Lipinski definition) is 2. The average molecular weight is 349 g/mol. The van der Waals surface area contributed by atoms with Crippen molar-refractivity contribution in [3.63, 3.8) is 0 Å². The Hall–Kier alpha value is -1.92. The van der Waals surface area contributed by atoms with Crippen LogP contribution in [-0.2, 0) is 0 Å². The van der Waals surface area contributed by atoms with E-state index in [1.807, 2.05) is 29.6 Å². The van der Waals surface area contributed by atoms with Crippen molar-refractivity contribution >= 4 is 33.2 Å². The normalized spacial score (nSPS) is 10.7. The molecule has 0 atom stereocenters. The van der Waals surface area contributed by atoms with Crippen molar-refractivity contribution in [1.82, 2.24) is 9.97 Å². The second kappa shape index (κ2) is 5.22. The van der Waals surface area contributed by atoms with Crippen molar-refractivity contribution in [3.05, 3.63) is 52.1 Å². The maximum atomic E-state index is 10.9. The quantitative estimate of drug-likeness (QED) is 0.742. The molecule has 100 valence electrons. The van der Waals surface area contributed by atoms with Crippen LogP contribution in [0.2, 0.25) is 0 Å². The van der Waals surface area contributed by atoms with E-state index in [0.717, 1.165) is 26.3 Å². The van der Waals surface area contributed by atoms with Gasteiger partial charge in [0, 0.05) is 27.2 Å². The highest BCUT2D eigenvalue weighted by molar-refractivity contribution is 9.10. The van der Waals surface area contributed by atoms with Crippen LogP contribution in [0.15, 0.2) is 46.4 Å². The van der Waals surface area contributed by atoms with Crippen LogP contribution in [-0.4, -0.2) is 21.0 Å². The maximum absolute atomic E-state index is 10.9. The van der Waals surface area contributed by atoms with Gasteiger partial charge in [0.1, 0.15) is 10.7 Å². The predicted octanol–water partition coefficient (Wildman–Crippen LogP) is 4.27. The smallest absolute Gasteiger partial charge is 0.352 e. The highest BCUT2D eigenvalue weighted by Gasteiger charge is 2.11. The molecule has 0 saturated carbocycles. The molecule has 0 aliphatic carbocycles. The molecule has 0 radical (unpaired) electrons. The molecule has 0 bridgehead atoms. The van der Waals surface area contributed by atoms with Crippen LogP contribution in [0.4, 0.5) is 0 Å². The third-order valence-electron chi connectivity index (χ3n) is 2.78. The van der Waals surface area contributed by atoms with Gasteiger partial charge in [0.2, 0.25) is 0 Å². The summed E-state index contributed by atoms with van der Waals surface area (Å²) in [6.45, 7) is 0. The van der Waals surface area contributed by atoms with Gasteiger partial charge in [-0.1, -0.05) is 28.1 Å². The van der Waals surface area contributed by atoms with E-state index in [-0.39, 0.29) is 5.69 Å². The molecule has 3 rings (SSSR count). The number of hydrogen-bond acceptors (Lipinski definition) is 3. The molecule has 2 heterocycles. The number of rotatable bonds is 3. The Labute approximate surface area is 127 Å². The first-order chi connectivity index (χ1) is 9.63. The number of nitrogens with one attached hydrogen (secondary N) is 1. The van der Waals surface area contributed by atoms with Gasteiger partial charge >= 0.3 is 5.97 Å². The predicted molar refractivity (Wildman–Crippen MR) is 82.0 cm³/mol. The van der Waals surface area contributed by atoms with Crippen LogP contribution in [0, 0.1) is 0 Å². The summed E-state index contributed by atoms with van der Waals surface area (Å²) in [4.78, 5) is 18.1. The van der Waals surface area contributed by atoms with E-state index in [1.165, 1.54) is 11.3 Å². The SMILES string of the molecule is O=C(O)c1cc(-c2csc(-c3cccc(Br)c3)n2)c[nH]1. The molecule has 0 spiro atoms. The molecule has 20 heavy (non-hydrogen) atoms. The van der Waals surface area contributed by atoms with Crippen molar-refractivity contribution in [2.75, 3.05) is 0 Å². The van der Waals surface area contributed by atoms with Crippen LogP contribution < -0.4 is 0 Å². The van der Waals surface area contributed by atoms with Crippen molar-refractivity contribution in [3.8, 4) is 21.8 Å². The number of benzene rings is 1. The summed E-state index contributed by atoms with van der Waals surface area (Å²) >= 11 is 4.97. The van der Waals surface area contributed by atoms with Crippen molar-refractivity contribution in [2.24, 2.45) is 0 Å². The molecule has 1 aromatic carbocycles. The number of carbonyl (C=O) groups is 1. The van der Waals surface area contributed by atoms with Gasteiger partial charge in [-0.15, -0.1) is 11.3 Å². The van der Waals surface area contributed by atoms with E-state index in [4.69, 9.17) is 5.11 Å². The number of carboxylic acids is 1. The van der Waals surface area contributed by atoms with E-state index in [1.54, 1.807) is 12.3 Å².